The molecule has 0 aliphatic carbocycles. The van der Waals surface area contributed by atoms with Crippen molar-refractivity contribution in [3.63, 3.8) is 0 Å². The van der Waals surface area contributed by atoms with Crippen molar-refractivity contribution in [3.05, 3.63) is 0 Å². The van der Waals surface area contributed by atoms with Crippen LogP contribution in [0.3, 0.4) is 0 Å². The van der Waals surface area contributed by atoms with Gasteiger partial charge in [0.2, 0.25) is 0 Å². The third kappa shape index (κ3) is 2.44. The molecule has 0 spiro atoms. The quantitative estimate of drug-likeness (QED) is 0.701. The predicted molar refractivity (Wildman–Crippen MR) is 63.9 cm³/mol. The maximum atomic E-state index is 4.49. The Bertz CT molecular complexity index is 170. The molecule has 0 bridgehead atoms. The fourth-order valence-electron chi connectivity index (χ4n) is 2.73. The van der Waals surface area contributed by atoms with Crippen LogP contribution in [0, 0.1) is 0 Å². The van der Waals surface area contributed by atoms with Gasteiger partial charge in [-0.25, -0.2) is 0 Å². The minimum atomic E-state index is 0.439. The summed E-state index contributed by atoms with van der Waals surface area (Å²) >= 11 is 4.49. The summed E-state index contributed by atoms with van der Waals surface area (Å²) in [5, 5.41) is 0.439. The summed E-state index contributed by atoms with van der Waals surface area (Å²) in [4.78, 5) is 5.18. The third-order valence-corrected chi connectivity index (χ3v) is 4.01. The van der Waals surface area contributed by atoms with E-state index < -0.39 is 0 Å². The van der Waals surface area contributed by atoms with Crippen molar-refractivity contribution in [1.82, 2.24) is 9.80 Å². The molecule has 2 heterocycles. The largest absolute Gasteiger partial charge is 0.300 e. The number of hydrogen-bond donors (Lipinski definition) is 1. The Kier molecular flexibility index (Phi) is 3.74. The monoisotopic (exact) mass is 214 g/mol. The van der Waals surface area contributed by atoms with Gasteiger partial charge in [0.05, 0.1) is 0 Å². The first-order valence-electron chi connectivity index (χ1n) is 5.93. The van der Waals surface area contributed by atoms with Gasteiger partial charge < -0.3 is 4.90 Å². The maximum Gasteiger partial charge on any atom is 0.0499 e. The minimum absolute atomic E-state index is 0.439. The van der Waals surface area contributed by atoms with Crippen LogP contribution in [0.4, 0.5) is 0 Å². The van der Waals surface area contributed by atoms with Gasteiger partial charge >= 0.3 is 0 Å². The van der Waals surface area contributed by atoms with E-state index in [2.05, 4.69) is 29.4 Å². The molecule has 2 nitrogen and oxygen atoms in total. The lowest BCUT2D eigenvalue weighted by Gasteiger charge is -2.38. The van der Waals surface area contributed by atoms with Gasteiger partial charge in [0, 0.05) is 24.5 Å². The van der Waals surface area contributed by atoms with E-state index in [1.54, 1.807) is 0 Å². The first-order valence-corrected chi connectivity index (χ1v) is 6.45. The van der Waals surface area contributed by atoms with Crippen molar-refractivity contribution in [2.24, 2.45) is 0 Å². The van der Waals surface area contributed by atoms with Gasteiger partial charge in [-0.3, -0.25) is 4.90 Å². The number of nitrogens with zero attached hydrogens (tertiary/aromatic N) is 2. The van der Waals surface area contributed by atoms with Crippen LogP contribution in [-0.4, -0.2) is 47.4 Å². The molecule has 0 amide bonds. The second-order valence-electron chi connectivity index (χ2n) is 4.64. The number of thiol groups is 1. The van der Waals surface area contributed by atoms with E-state index in [4.69, 9.17) is 0 Å². The van der Waals surface area contributed by atoms with E-state index >= 15 is 0 Å². The summed E-state index contributed by atoms with van der Waals surface area (Å²) in [7, 11) is 0. The van der Waals surface area contributed by atoms with E-state index in [1.807, 2.05) is 0 Å². The number of rotatable bonds is 2. The van der Waals surface area contributed by atoms with Crippen LogP contribution in [0.1, 0.15) is 32.6 Å². The molecular weight excluding hydrogens is 192 g/mol. The zero-order valence-electron chi connectivity index (χ0n) is 9.15. The number of likely N-dealkylation sites (tertiary alicyclic amines) is 2. The zero-order chi connectivity index (χ0) is 9.97. The Labute approximate surface area is 93.1 Å². The zero-order valence-corrected chi connectivity index (χ0v) is 10.0. The molecule has 0 aromatic carbocycles. The fraction of sp³-hybridized carbons (Fsp3) is 1.00. The van der Waals surface area contributed by atoms with Crippen LogP contribution >= 0.6 is 12.6 Å². The molecule has 2 fully saturated rings. The Balaban J connectivity index is 1.77. The Morgan fingerprint density at radius 2 is 1.64 bits per heavy atom. The van der Waals surface area contributed by atoms with Crippen molar-refractivity contribution < 1.29 is 0 Å². The second kappa shape index (κ2) is 4.86. The van der Waals surface area contributed by atoms with Gasteiger partial charge in [0.25, 0.3) is 0 Å². The molecule has 14 heavy (non-hydrogen) atoms. The van der Waals surface area contributed by atoms with E-state index in [0.29, 0.717) is 5.37 Å². The lowest BCUT2D eigenvalue weighted by Crippen LogP contribution is -2.45. The van der Waals surface area contributed by atoms with E-state index in [9.17, 15) is 0 Å². The third-order valence-electron chi connectivity index (χ3n) is 3.68. The first-order chi connectivity index (χ1) is 6.77. The molecule has 1 unspecified atom stereocenters. The van der Waals surface area contributed by atoms with Crippen LogP contribution in [0.25, 0.3) is 0 Å². The highest BCUT2D eigenvalue weighted by Crippen LogP contribution is 2.22. The first kappa shape index (κ1) is 10.8. The van der Waals surface area contributed by atoms with E-state index in [1.165, 1.54) is 51.9 Å². The summed E-state index contributed by atoms with van der Waals surface area (Å²) < 4.78 is 0. The molecule has 1 atom stereocenters. The molecule has 2 aliphatic rings. The molecule has 82 valence electrons. The van der Waals surface area contributed by atoms with Crippen LogP contribution in [0.2, 0.25) is 0 Å². The van der Waals surface area contributed by atoms with Crippen molar-refractivity contribution in [2.45, 2.75) is 44.0 Å². The summed E-state index contributed by atoms with van der Waals surface area (Å²) in [6.07, 6.45) is 5.54. The van der Waals surface area contributed by atoms with E-state index in [-0.39, 0.29) is 0 Å². The van der Waals surface area contributed by atoms with Crippen molar-refractivity contribution in [2.75, 3.05) is 26.2 Å². The van der Waals surface area contributed by atoms with Crippen molar-refractivity contribution in [1.29, 1.82) is 0 Å². The SMILES string of the molecule is CC(S)N1CCC(N2CCCC2)CC1. The lowest BCUT2D eigenvalue weighted by molar-refractivity contribution is 0.124. The molecule has 0 aromatic rings. The number of piperidine rings is 1. The smallest absolute Gasteiger partial charge is 0.0499 e. The second-order valence-corrected chi connectivity index (χ2v) is 5.39. The molecule has 0 aromatic heterocycles. The topological polar surface area (TPSA) is 6.48 Å². The van der Waals surface area contributed by atoms with Gasteiger partial charge in [-0.05, 0) is 45.7 Å². The normalized spacial score (nSPS) is 29.6. The predicted octanol–water partition coefficient (Wildman–Crippen LogP) is 1.82. The molecule has 2 saturated heterocycles. The van der Waals surface area contributed by atoms with Gasteiger partial charge in [-0.15, -0.1) is 0 Å². The standard InChI is InChI=1S/C11H22N2S/c1-10(14)12-8-4-11(5-9-12)13-6-2-3-7-13/h10-11,14H,2-9H2,1H3. The molecule has 2 aliphatic heterocycles. The lowest BCUT2D eigenvalue weighted by atomic mass is 10.0. The van der Waals surface area contributed by atoms with Crippen LogP contribution in [0.15, 0.2) is 0 Å². The summed E-state index contributed by atoms with van der Waals surface area (Å²) in [6, 6.07) is 0.876. The Morgan fingerprint density at radius 3 is 2.14 bits per heavy atom. The molecule has 0 N–H and O–H groups in total. The van der Waals surface area contributed by atoms with Gasteiger partial charge in [0.15, 0.2) is 0 Å². The van der Waals surface area contributed by atoms with Crippen molar-refractivity contribution >= 4 is 12.6 Å². The summed E-state index contributed by atoms with van der Waals surface area (Å²) in [5.74, 6) is 0. The Hall–Kier alpha value is 0.270. The Morgan fingerprint density at radius 1 is 1.07 bits per heavy atom. The highest BCUT2D eigenvalue weighted by atomic mass is 32.1. The molecule has 0 saturated carbocycles. The molecule has 0 radical (unpaired) electrons. The maximum absolute atomic E-state index is 4.49. The van der Waals surface area contributed by atoms with E-state index in [0.717, 1.165) is 6.04 Å². The summed E-state index contributed by atoms with van der Waals surface area (Å²) in [6.45, 7) is 7.36. The number of hydrogen-bond acceptors (Lipinski definition) is 3. The summed E-state index contributed by atoms with van der Waals surface area (Å²) in [5.41, 5.74) is 0. The minimum Gasteiger partial charge on any atom is -0.300 e. The van der Waals surface area contributed by atoms with Crippen LogP contribution in [-0.2, 0) is 0 Å². The molecule has 3 heteroatoms. The van der Waals surface area contributed by atoms with Gasteiger partial charge in [-0.1, -0.05) is 0 Å². The van der Waals surface area contributed by atoms with Gasteiger partial charge in [-0.2, -0.15) is 12.6 Å². The highest BCUT2D eigenvalue weighted by molar-refractivity contribution is 7.80. The fourth-order valence-corrected chi connectivity index (χ4v) is 2.96. The van der Waals surface area contributed by atoms with Crippen LogP contribution in [0.5, 0.6) is 0 Å². The van der Waals surface area contributed by atoms with Crippen molar-refractivity contribution in [3.8, 4) is 0 Å². The molecular formula is C11H22N2S. The average molecular weight is 214 g/mol. The highest BCUT2D eigenvalue weighted by Gasteiger charge is 2.26. The van der Waals surface area contributed by atoms with Crippen LogP contribution < -0.4 is 0 Å². The average Bonchev–Trinajstić information content (AvgIpc) is 2.71. The van der Waals surface area contributed by atoms with Gasteiger partial charge in [0.1, 0.15) is 0 Å². The molecule has 2 rings (SSSR count).